The first-order valence-corrected chi connectivity index (χ1v) is 8.50. The summed E-state index contributed by atoms with van der Waals surface area (Å²) in [7, 11) is 1.75. The van der Waals surface area contributed by atoms with Crippen LogP contribution >= 0.6 is 11.8 Å². The van der Waals surface area contributed by atoms with Crippen molar-refractivity contribution in [2.24, 2.45) is 5.92 Å². The van der Waals surface area contributed by atoms with Crippen molar-refractivity contribution < 1.29 is 4.74 Å². The first-order valence-electron chi connectivity index (χ1n) is 7.35. The number of benzene rings is 1. The van der Waals surface area contributed by atoms with Crippen molar-refractivity contribution in [2.45, 2.75) is 31.7 Å². The maximum Gasteiger partial charge on any atom is 0.119 e. The van der Waals surface area contributed by atoms with Gasteiger partial charge in [-0.25, -0.2) is 0 Å². The zero-order valence-electron chi connectivity index (χ0n) is 11.7. The van der Waals surface area contributed by atoms with Crippen LogP contribution in [-0.2, 0) is 6.42 Å². The summed E-state index contributed by atoms with van der Waals surface area (Å²) >= 11 is 2.11. The van der Waals surface area contributed by atoms with Gasteiger partial charge in [-0.3, -0.25) is 0 Å². The van der Waals surface area contributed by atoms with Crippen LogP contribution in [0.3, 0.4) is 0 Å². The highest BCUT2D eigenvalue weighted by molar-refractivity contribution is 7.99. The summed E-state index contributed by atoms with van der Waals surface area (Å²) in [5.41, 5.74) is 2.96. The molecule has 1 unspecified atom stereocenters. The van der Waals surface area contributed by atoms with Crippen molar-refractivity contribution in [3.05, 3.63) is 29.3 Å². The minimum atomic E-state index is 0.541. The molecular formula is C16H23NOS. The van der Waals surface area contributed by atoms with E-state index >= 15 is 0 Å². The number of rotatable bonds is 4. The quantitative estimate of drug-likeness (QED) is 0.911. The lowest BCUT2D eigenvalue weighted by molar-refractivity contribution is 0.403. The first-order chi connectivity index (χ1) is 9.36. The average molecular weight is 277 g/mol. The molecule has 1 fully saturated rings. The highest BCUT2D eigenvalue weighted by Crippen LogP contribution is 2.34. The molecule has 1 aliphatic carbocycles. The van der Waals surface area contributed by atoms with Crippen LogP contribution in [0.15, 0.2) is 18.2 Å². The molecule has 3 rings (SSSR count). The lowest BCUT2D eigenvalue weighted by Gasteiger charge is -2.24. The summed E-state index contributed by atoms with van der Waals surface area (Å²) in [4.78, 5) is 0. The van der Waals surface area contributed by atoms with E-state index in [1.807, 2.05) is 0 Å². The first kappa shape index (κ1) is 13.3. The third kappa shape index (κ3) is 3.09. The number of hydrogen-bond donors (Lipinski definition) is 1. The Labute approximate surface area is 120 Å². The van der Waals surface area contributed by atoms with E-state index in [0.29, 0.717) is 6.04 Å². The van der Waals surface area contributed by atoms with E-state index in [1.54, 1.807) is 7.11 Å². The molecule has 1 heterocycles. The number of ether oxygens (including phenoxy) is 1. The fraction of sp³-hybridized carbons (Fsp3) is 0.625. The van der Waals surface area contributed by atoms with Crippen molar-refractivity contribution in [3.63, 3.8) is 0 Å². The van der Waals surface area contributed by atoms with Crippen LogP contribution in [0.1, 0.15) is 36.4 Å². The van der Waals surface area contributed by atoms with Crippen molar-refractivity contribution in [1.29, 1.82) is 0 Å². The molecule has 0 saturated carbocycles. The lowest BCUT2D eigenvalue weighted by Crippen LogP contribution is -2.28. The highest BCUT2D eigenvalue weighted by Gasteiger charge is 2.24. The molecule has 2 aliphatic rings. The SMILES string of the molecule is COc1ccc2c(c1)C(NCC1CCSCC1)CC2. The Kier molecular flexibility index (Phi) is 4.34. The summed E-state index contributed by atoms with van der Waals surface area (Å²) in [6.45, 7) is 1.18. The summed E-state index contributed by atoms with van der Waals surface area (Å²) in [5.74, 6) is 4.57. The molecule has 0 radical (unpaired) electrons. The lowest BCUT2D eigenvalue weighted by atomic mass is 10.0. The second-order valence-electron chi connectivity index (χ2n) is 5.62. The van der Waals surface area contributed by atoms with Gasteiger partial charge in [0.05, 0.1) is 7.11 Å². The van der Waals surface area contributed by atoms with E-state index in [1.165, 1.54) is 54.9 Å². The van der Waals surface area contributed by atoms with Crippen LogP contribution in [0.2, 0.25) is 0 Å². The summed E-state index contributed by atoms with van der Waals surface area (Å²) < 4.78 is 5.35. The number of fused-ring (bicyclic) bond motifs is 1. The molecule has 2 nitrogen and oxygen atoms in total. The Morgan fingerprint density at radius 2 is 2.11 bits per heavy atom. The van der Waals surface area contributed by atoms with Crippen molar-refractivity contribution in [1.82, 2.24) is 5.32 Å². The van der Waals surface area contributed by atoms with Crippen LogP contribution < -0.4 is 10.1 Å². The van der Waals surface area contributed by atoms with Crippen LogP contribution in [0.25, 0.3) is 0 Å². The van der Waals surface area contributed by atoms with Gasteiger partial charge in [0.15, 0.2) is 0 Å². The number of hydrogen-bond acceptors (Lipinski definition) is 3. The molecule has 1 aliphatic heterocycles. The predicted octanol–water partition coefficient (Wildman–Crippen LogP) is 3.42. The van der Waals surface area contributed by atoms with Gasteiger partial charge in [0.25, 0.3) is 0 Å². The second kappa shape index (κ2) is 6.19. The van der Waals surface area contributed by atoms with Crippen LogP contribution in [0.4, 0.5) is 0 Å². The Balaban J connectivity index is 1.61. The number of methoxy groups -OCH3 is 1. The third-order valence-corrected chi connectivity index (χ3v) is 5.47. The molecule has 3 heteroatoms. The van der Waals surface area contributed by atoms with Gasteiger partial charge in [0.1, 0.15) is 5.75 Å². The standard InChI is InChI=1S/C16H23NOS/c1-18-14-4-2-13-3-5-16(15(13)10-14)17-11-12-6-8-19-9-7-12/h2,4,10,12,16-17H,3,5-9,11H2,1H3. The van der Waals surface area contributed by atoms with E-state index in [-0.39, 0.29) is 0 Å². The van der Waals surface area contributed by atoms with Gasteiger partial charge in [-0.15, -0.1) is 0 Å². The molecule has 104 valence electrons. The largest absolute Gasteiger partial charge is 0.497 e. The van der Waals surface area contributed by atoms with E-state index < -0.39 is 0 Å². The summed E-state index contributed by atoms with van der Waals surface area (Å²) in [6, 6.07) is 7.07. The van der Waals surface area contributed by atoms with Gasteiger partial charge in [-0.2, -0.15) is 11.8 Å². The van der Waals surface area contributed by atoms with Crippen molar-refractivity contribution >= 4 is 11.8 Å². The number of aryl methyl sites for hydroxylation is 1. The van der Waals surface area contributed by atoms with Gasteiger partial charge < -0.3 is 10.1 Å². The van der Waals surface area contributed by atoms with E-state index in [0.717, 1.165) is 11.7 Å². The monoisotopic (exact) mass is 277 g/mol. The molecule has 1 saturated heterocycles. The second-order valence-corrected chi connectivity index (χ2v) is 6.84. The third-order valence-electron chi connectivity index (χ3n) is 4.42. The van der Waals surface area contributed by atoms with Gasteiger partial charge in [0, 0.05) is 6.04 Å². The predicted molar refractivity (Wildman–Crippen MR) is 82.1 cm³/mol. The average Bonchev–Trinajstić information content (AvgIpc) is 2.88. The van der Waals surface area contributed by atoms with Crippen molar-refractivity contribution in [3.8, 4) is 5.75 Å². The number of thioether (sulfide) groups is 1. The Morgan fingerprint density at radius 3 is 2.89 bits per heavy atom. The Bertz CT molecular complexity index is 429. The summed E-state index contributed by atoms with van der Waals surface area (Å²) in [5, 5.41) is 3.79. The van der Waals surface area contributed by atoms with Gasteiger partial charge >= 0.3 is 0 Å². The molecule has 0 amide bonds. The zero-order chi connectivity index (χ0) is 13.1. The molecular weight excluding hydrogens is 254 g/mol. The molecule has 0 bridgehead atoms. The maximum absolute atomic E-state index is 5.35. The zero-order valence-corrected chi connectivity index (χ0v) is 12.5. The number of nitrogens with one attached hydrogen (secondary N) is 1. The highest BCUT2D eigenvalue weighted by atomic mass is 32.2. The van der Waals surface area contributed by atoms with E-state index in [2.05, 4.69) is 35.3 Å². The van der Waals surface area contributed by atoms with Crippen molar-refractivity contribution in [2.75, 3.05) is 25.2 Å². The molecule has 0 aromatic heterocycles. The van der Waals surface area contributed by atoms with Gasteiger partial charge in [-0.1, -0.05) is 6.07 Å². The van der Waals surface area contributed by atoms with E-state index in [9.17, 15) is 0 Å². The van der Waals surface area contributed by atoms with Gasteiger partial charge in [-0.05, 0) is 72.9 Å². The molecule has 1 N–H and O–H groups in total. The molecule has 1 atom stereocenters. The Morgan fingerprint density at radius 1 is 1.26 bits per heavy atom. The molecule has 0 spiro atoms. The Hall–Kier alpha value is -0.670. The van der Waals surface area contributed by atoms with Gasteiger partial charge in [0.2, 0.25) is 0 Å². The minimum absolute atomic E-state index is 0.541. The molecule has 1 aromatic rings. The fourth-order valence-corrected chi connectivity index (χ4v) is 4.38. The van der Waals surface area contributed by atoms with Crippen LogP contribution in [0, 0.1) is 5.92 Å². The summed E-state index contributed by atoms with van der Waals surface area (Å²) in [6.07, 6.45) is 5.21. The topological polar surface area (TPSA) is 21.3 Å². The van der Waals surface area contributed by atoms with Crippen LogP contribution in [-0.4, -0.2) is 25.2 Å². The maximum atomic E-state index is 5.35. The molecule has 1 aromatic carbocycles. The molecule has 19 heavy (non-hydrogen) atoms. The fourth-order valence-electron chi connectivity index (χ4n) is 3.18. The minimum Gasteiger partial charge on any atom is -0.497 e. The van der Waals surface area contributed by atoms with Crippen LogP contribution in [0.5, 0.6) is 5.75 Å². The normalized spacial score (nSPS) is 23.3. The van der Waals surface area contributed by atoms with E-state index in [4.69, 9.17) is 4.74 Å². The smallest absolute Gasteiger partial charge is 0.119 e.